The number of carbonyl (C=O) groups excluding carboxylic acids is 2. The van der Waals surface area contributed by atoms with Crippen LogP contribution in [0.5, 0.6) is 0 Å². The molecule has 1 fully saturated rings. The third-order valence-corrected chi connectivity index (χ3v) is 4.48. The van der Waals surface area contributed by atoms with Crippen molar-refractivity contribution in [3.05, 3.63) is 28.8 Å². The third-order valence-electron chi connectivity index (χ3n) is 4.07. The summed E-state index contributed by atoms with van der Waals surface area (Å²) in [5, 5.41) is 3.63. The number of hydrogen-bond donors (Lipinski definition) is 1. The van der Waals surface area contributed by atoms with Crippen LogP contribution in [0.2, 0.25) is 5.02 Å². The van der Waals surface area contributed by atoms with Gasteiger partial charge in [0.1, 0.15) is 0 Å². The normalized spacial score (nSPS) is 19.4. The highest BCUT2D eigenvalue weighted by molar-refractivity contribution is 6.31. The lowest BCUT2D eigenvalue weighted by Gasteiger charge is -2.19. The average molecular weight is 323 g/mol. The van der Waals surface area contributed by atoms with Crippen molar-refractivity contribution in [3.8, 4) is 0 Å². The molecular formula is C17H23ClN2O2. The number of nitrogens with zero attached hydrogens (tertiary/aromatic N) is 1. The summed E-state index contributed by atoms with van der Waals surface area (Å²) in [6.45, 7) is 6.42. The van der Waals surface area contributed by atoms with Crippen molar-refractivity contribution in [1.82, 2.24) is 5.32 Å². The van der Waals surface area contributed by atoms with Gasteiger partial charge in [-0.1, -0.05) is 31.0 Å². The number of nitrogens with one attached hydrogen (secondary N) is 1. The van der Waals surface area contributed by atoms with E-state index in [9.17, 15) is 9.59 Å². The summed E-state index contributed by atoms with van der Waals surface area (Å²) in [5.74, 6) is -0.342. The van der Waals surface area contributed by atoms with Gasteiger partial charge in [0, 0.05) is 29.7 Å². The van der Waals surface area contributed by atoms with Crippen LogP contribution in [-0.4, -0.2) is 24.4 Å². The van der Waals surface area contributed by atoms with Gasteiger partial charge in [-0.3, -0.25) is 9.59 Å². The molecule has 1 aliphatic rings. The van der Waals surface area contributed by atoms with Crippen molar-refractivity contribution in [2.45, 2.75) is 46.1 Å². The molecule has 22 heavy (non-hydrogen) atoms. The molecule has 1 aromatic carbocycles. The van der Waals surface area contributed by atoms with Crippen LogP contribution in [0.4, 0.5) is 5.69 Å². The quantitative estimate of drug-likeness (QED) is 0.904. The van der Waals surface area contributed by atoms with Gasteiger partial charge in [0.25, 0.3) is 0 Å². The molecule has 0 radical (unpaired) electrons. The Bertz CT molecular complexity index is 574. The molecule has 0 saturated carbocycles. The van der Waals surface area contributed by atoms with E-state index in [-0.39, 0.29) is 30.2 Å². The molecule has 1 aliphatic heterocycles. The first-order valence-corrected chi connectivity index (χ1v) is 8.17. The zero-order chi connectivity index (χ0) is 16.3. The van der Waals surface area contributed by atoms with Gasteiger partial charge in [-0.2, -0.15) is 0 Å². The Morgan fingerprint density at radius 1 is 1.50 bits per heavy atom. The second-order valence-corrected chi connectivity index (χ2v) is 6.44. The molecule has 1 N–H and O–H groups in total. The van der Waals surface area contributed by atoms with Crippen molar-refractivity contribution in [3.63, 3.8) is 0 Å². The van der Waals surface area contributed by atoms with E-state index in [1.54, 1.807) is 11.0 Å². The van der Waals surface area contributed by atoms with Gasteiger partial charge < -0.3 is 10.2 Å². The molecule has 120 valence electrons. The number of anilines is 1. The summed E-state index contributed by atoms with van der Waals surface area (Å²) in [7, 11) is 0. The molecule has 1 aromatic rings. The van der Waals surface area contributed by atoms with E-state index in [2.05, 4.69) is 12.2 Å². The number of aryl methyl sites for hydroxylation is 1. The fourth-order valence-electron chi connectivity index (χ4n) is 2.75. The van der Waals surface area contributed by atoms with Gasteiger partial charge in [0.15, 0.2) is 0 Å². The minimum atomic E-state index is -0.285. The van der Waals surface area contributed by atoms with Crippen LogP contribution in [0.15, 0.2) is 18.2 Å². The summed E-state index contributed by atoms with van der Waals surface area (Å²) < 4.78 is 0. The van der Waals surface area contributed by atoms with Crippen LogP contribution >= 0.6 is 11.6 Å². The minimum Gasteiger partial charge on any atom is -0.353 e. The van der Waals surface area contributed by atoms with Gasteiger partial charge in [-0.15, -0.1) is 0 Å². The lowest BCUT2D eigenvalue weighted by molar-refractivity contribution is -0.126. The number of carbonyl (C=O) groups is 2. The van der Waals surface area contributed by atoms with E-state index in [0.29, 0.717) is 11.6 Å². The zero-order valence-electron chi connectivity index (χ0n) is 13.4. The summed E-state index contributed by atoms with van der Waals surface area (Å²) in [5.41, 5.74) is 1.73. The first-order chi connectivity index (χ1) is 10.4. The van der Waals surface area contributed by atoms with Crippen molar-refractivity contribution < 1.29 is 9.59 Å². The van der Waals surface area contributed by atoms with Gasteiger partial charge in [-0.25, -0.2) is 0 Å². The Hall–Kier alpha value is -1.55. The number of rotatable bonds is 5. The monoisotopic (exact) mass is 322 g/mol. The molecule has 2 rings (SSSR count). The van der Waals surface area contributed by atoms with Crippen LogP contribution in [0, 0.1) is 12.8 Å². The highest BCUT2D eigenvalue weighted by Gasteiger charge is 2.35. The fourth-order valence-corrected chi connectivity index (χ4v) is 2.92. The van der Waals surface area contributed by atoms with Gasteiger partial charge >= 0.3 is 0 Å². The summed E-state index contributed by atoms with van der Waals surface area (Å²) >= 11 is 6.13. The van der Waals surface area contributed by atoms with Crippen LogP contribution in [0.3, 0.4) is 0 Å². The Morgan fingerprint density at radius 2 is 2.23 bits per heavy atom. The van der Waals surface area contributed by atoms with E-state index >= 15 is 0 Å². The Morgan fingerprint density at radius 3 is 2.86 bits per heavy atom. The van der Waals surface area contributed by atoms with E-state index in [1.165, 1.54) is 0 Å². The number of benzene rings is 1. The molecule has 2 atom stereocenters. The molecule has 2 amide bonds. The number of amides is 2. The Balaban J connectivity index is 2.04. The molecular weight excluding hydrogens is 300 g/mol. The molecule has 5 heteroatoms. The Kier molecular flexibility index (Phi) is 5.46. The highest BCUT2D eigenvalue weighted by atomic mass is 35.5. The molecule has 1 saturated heterocycles. The van der Waals surface area contributed by atoms with E-state index in [1.807, 2.05) is 26.0 Å². The maximum absolute atomic E-state index is 12.3. The van der Waals surface area contributed by atoms with Crippen LogP contribution in [0.1, 0.15) is 38.7 Å². The molecule has 1 heterocycles. The summed E-state index contributed by atoms with van der Waals surface area (Å²) in [4.78, 5) is 26.1. The first-order valence-electron chi connectivity index (χ1n) is 7.79. The van der Waals surface area contributed by atoms with Crippen LogP contribution < -0.4 is 10.2 Å². The predicted octanol–water partition coefficient (Wildman–Crippen LogP) is 3.31. The van der Waals surface area contributed by atoms with E-state index in [0.717, 1.165) is 24.1 Å². The molecule has 0 aliphatic carbocycles. The minimum absolute atomic E-state index is 0.0248. The van der Waals surface area contributed by atoms with Crippen LogP contribution in [-0.2, 0) is 9.59 Å². The Labute approximate surface area is 136 Å². The lowest BCUT2D eigenvalue weighted by atomic mass is 10.1. The smallest absolute Gasteiger partial charge is 0.227 e. The average Bonchev–Trinajstić information content (AvgIpc) is 2.84. The van der Waals surface area contributed by atoms with Gasteiger partial charge in [0.05, 0.1) is 5.92 Å². The number of hydrogen-bond acceptors (Lipinski definition) is 2. The third kappa shape index (κ3) is 3.80. The molecule has 0 spiro atoms. The largest absolute Gasteiger partial charge is 0.353 e. The SMILES string of the molecule is CCC[C@@H](C)NC(=O)[C@@H]1CC(=O)N(c2ccc(C)c(Cl)c2)C1. The number of halogens is 1. The van der Waals surface area contributed by atoms with Crippen molar-refractivity contribution in [1.29, 1.82) is 0 Å². The molecule has 0 unspecified atom stereocenters. The van der Waals surface area contributed by atoms with E-state index < -0.39 is 0 Å². The van der Waals surface area contributed by atoms with Crippen molar-refractivity contribution in [2.75, 3.05) is 11.4 Å². The fraction of sp³-hybridized carbons (Fsp3) is 0.529. The topological polar surface area (TPSA) is 49.4 Å². The summed E-state index contributed by atoms with van der Waals surface area (Å²) in [6, 6.07) is 5.70. The second-order valence-electron chi connectivity index (χ2n) is 6.04. The molecule has 0 aromatic heterocycles. The van der Waals surface area contributed by atoms with E-state index in [4.69, 9.17) is 11.6 Å². The lowest BCUT2D eigenvalue weighted by Crippen LogP contribution is -2.38. The standard InChI is InChI=1S/C17H23ClN2O2/c1-4-5-12(3)19-17(22)13-8-16(21)20(10-13)14-7-6-11(2)15(18)9-14/h6-7,9,12-13H,4-5,8,10H2,1-3H3,(H,19,22)/t12-,13-/m1/s1. The predicted molar refractivity (Wildman–Crippen MR) is 89.2 cm³/mol. The van der Waals surface area contributed by atoms with Crippen molar-refractivity contribution in [2.24, 2.45) is 5.92 Å². The maximum atomic E-state index is 12.3. The summed E-state index contributed by atoms with van der Waals surface area (Å²) in [6.07, 6.45) is 2.24. The maximum Gasteiger partial charge on any atom is 0.227 e. The zero-order valence-corrected chi connectivity index (χ0v) is 14.1. The van der Waals surface area contributed by atoms with Crippen LogP contribution in [0.25, 0.3) is 0 Å². The molecule has 4 nitrogen and oxygen atoms in total. The molecule has 0 bridgehead atoms. The second kappa shape index (κ2) is 7.14. The highest BCUT2D eigenvalue weighted by Crippen LogP contribution is 2.28. The van der Waals surface area contributed by atoms with Gasteiger partial charge in [0.2, 0.25) is 11.8 Å². The first kappa shape index (κ1) is 16.8. The van der Waals surface area contributed by atoms with Crippen molar-refractivity contribution >= 4 is 29.1 Å². The van der Waals surface area contributed by atoms with Gasteiger partial charge in [-0.05, 0) is 38.0 Å².